The number of nitrogens with one attached hydrogen (secondary N) is 1. The van der Waals surface area contributed by atoms with E-state index < -0.39 is 0 Å². The summed E-state index contributed by atoms with van der Waals surface area (Å²) in [6.07, 6.45) is 7.23. The molecule has 0 spiro atoms. The van der Waals surface area contributed by atoms with Crippen LogP contribution in [0.3, 0.4) is 0 Å². The Morgan fingerprint density at radius 3 is 2.45 bits per heavy atom. The predicted molar refractivity (Wildman–Crippen MR) is 130 cm³/mol. The molecule has 4 aromatic rings. The molecule has 0 unspecified atom stereocenters. The van der Waals surface area contributed by atoms with Crippen molar-refractivity contribution in [3.8, 4) is 16.9 Å². The summed E-state index contributed by atoms with van der Waals surface area (Å²) >= 11 is 0. The highest BCUT2D eigenvalue weighted by Gasteiger charge is 2.03. The van der Waals surface area contributed by atoms with E-state index in [0.29, 0.717) is 19.7 Å². The van der Waals surface area contributed by atoms with Crippen molar-refractivity contribution in [1.29, 1.82) is 0 Å². The number of rotatable bonds is 7. The van der Waals surface area contributed by atoms with Gasteiger partial charge in [-0.1, -0.05) is 24.3 Å². The van der Waals surface area contributed by atoms with Gasteiger partial charge in [0, 0.05) is 54.2 Å². The van der Waals surface area contributed by atoms with Crippen LogP contribution in [0.1, 0.15) is 5.56 Å². The van der Waals surface area contributed by atoms with Crippen molar-refractivity contribution in [3.05, 3.63) is 90.8 Å². The summed E-state index contributed by atoms with van der Waals surface area (Å²) in [5.41, 5.74) is 2.99. The second kappa shape index (κ2) is 13.1. The van der Waals surface area contributed by atoms with Crippen LogP contribution in [-0.4, -0.2) is 23.1 Å². The van der Waals surface area contributed by atoms with Gasteiger partial charge < -0.3 is 10.1 Å². The Labute approximate surface area is 199 Å². The Kier molecular flexibility index (Phi) is 11.2. The van der Waals surface area contributed by atoms with E-state index in [1.54, 1.807) is 24.5 Å². The maximum atomic E-state index is 13.1. The van der Waals surface area contributed by atoms with Crippen molar-refractivity contribution in [2.75, 3.05) is 13.2 Å². The van der Waals surface area contributed by atoms with Crippen LogP contribution in [0.2, 0.25) is 0 Å². The molecule has 0 radical (unpaired) electrons. The SMILES string of the molecule is Cl.Cl.Cl.Fc1ccc(-c2cncc(CNCCOc3cccc4cnccc34)c2)cc1. The molecule has 0 aliphatic rings. The van der Waals surface area contributed by atoms with Crippen molar-refractivity contribution in [2.24, 2.45) is 0 Å². The Morgan fingerprint density at radius 2 is 1.65 bits per heavy atom. The number of nitrogens with zero attached hydrogens (tertiary/aromatic N) is 2. The highest BCUT2D eigenvalue weighted by molar-refractivity contribution is 5.87. The molecule has 0 aliphatic heterocycles. The van der Waals surface area contributed by atoms with Crippen LogP contribution in [0.15, 0.2) is 79.4 Å². The van der Waals surface area contributed by atoms with Gasteiger partial charge in [0.25, 0.3) is 0 Å². The van der Waals surface area contributed by atoms with Crippen molar-refractivity contribution in [1.82, 2.24) is 15.3 Å². The maximum absolute atomic E-state index is 13.1. The first-order valence-corrected chi connectivity index (χ1v) is 9.16. The summed E-state index contributed by atoms with van der Waals surface area (Å²) in [6.45, 7) is 1.96. The maximum Gasteiger partial charge on any atom is 0.127 e. The molecule has 164 valence electrons. The standard InChI is InChI=1S/C23H20FN3O.3ClH/c24-21-6-4-18(5-7-21)20-12-17(14-27-16-20)13-26-10-11-28-23-3-1-2-19-15-25-9-8-22(19)23;;;/h1-9,12,14-16,26H,10-11,13H2;3*1H. The number of benzene rings is 2. The van der Waals surface area contributed by atoms with E-state index in [1.807, 2.05) is 36.7 Å². The molecule has 0 aliphatic carbocycles. The average molecular weight is 483 g/mol. The van der Waals surface area contributed by atoms with E-state index in [2.05, 4.69) is 21.4 Å². The van der Waals surface area contributed by atoms with Crippen molar-refractivity contribution in [2.45, 2.75) is 6.54 Å². The Bertz CT molecular complexity index is 1080. The molecule has 2 heterocycles. The smallest absolute Gasteiger partial charge is 0.127 e. The quantitative estimate of drug-likeness (QED) is 0.335. The zero-order valence-corrected chi connectivity index (χ0v) is 19.0. The zero-order valence-electron chi connectivity index (χ0n) is 16.5. The molecule has 0 saturated heterocycles. The molecule has 0 amide bonds. The summed E-state index contributed by atoms with van der Waals surface area (Å²) in [5, 5.41) is 5.50. The molecule has 4 nitrogen and oxygen atoms in total. The Hall–Kier alpha value is -2.44. The second-order valence-electron chi connectivity index (χ2n) is 6.47. The zero-order chi connectivity index (χ0) is 19.2. The third kappa shape index (κ3) is 7.04. The van der Waals surface area contributed by atoms with Gasteiger partial charge in [-0.15, -0.1) is 37.2 Å². The highest BCUT2D eigenvalue weighted by atomic mass is 35.5. The lowest BCUT2D eigenvalue weighted by atomic mass is 10.1. The summed E-state index contributed by atoms with van der Waals surface area (Å²) < 4.78 is 19.0. The number of aromatic nitrogens is 2. The lowest BCUT2D eigenvalue weighted by Crippen LogP contribution is -2.20. The number of hydrogen-bond acceptors (Lipinski definition) is 4. The topological polar surface area (TPSA) is 47.0 Å². The molecule has 4 rings (SSSR count). The van der Waals surface area contributed by atoms with E-state index in [0.717, 1.165) is 33.2 Å². The minimum absolute atomic E-state index is 0. The molecule has 0 saturated carbocycles. The third-order valence-corrected chi connectivity index (χ3v) is 4.48. The van der Waals surface area contributed by atoms with Crippen LogP contribution in [0.25, 0.3) is 21.9 Å². The molecule has 1 N–H and O–H groups in total. The van der Waals surface area contributed by atoms with Crippen molar-refractivity contribution in [3.63, 3.8) is 0 Å². The first-order chi connectivity index (χ1) is 13.8. The lowest BCUT2D eigenvalue weighted by molar-refractivity contribution is 0.317. The second-order valence-corrected chi connectivity index (χ2v) is 6.47. The van der Waals surface area contributed by atoms with Gasteiger partial charge in [-0.2, -0.15) is 0 Å². The lowest BCUT2D eigenvalue weighted by Gasteiger charge is -2.10. The fourth-order valence-electron chi connectivity index (χ4n) is 3.07. The largest absolute Gasteiger partial charge is 0.492 e. The van der Waals surface area contributed by atoms with Crippen LogP contribution >= 0.6 is 37.2 Å². The van der Waals surface area contributed by atoms with Gasteiger partial charge >= 0.3 is 0 Å². The number of hydrogen-bond donors (Lipinski definition) is 1. The fraction of sp³-hybridized carbons (Fsp3) is 0.130. The van der Waals surface area contributed by atoms with E-state index in [9.17, 15) is 4.39 Å². The number of pyridine rings is 2. The van der Waals surface area contributed by atoms with Crippen molar-refractivity contribution < 1.29 is 9.13 Å². The highest BCUT2D eigenvalue weighted by Crippen LogP contribution is 2.24. The number of fused-ring (bicyclic) bond motifs is 1. The number of halogens is 4. The molecular formula is C23H23Cl3FN3O. The van der Waals surface area contributed by atoms with Gasteiger partial charge in [-0.3, -0.25) is 9.97 Å². The van der Waals surface area contributed by atoms with E-state index in [1.165, 1.54) is 12.1 Å². The Balaban J connectivity index is 0.00000160. The van der Waals surface area contributed by atoms with Crippen molar-refractivity contribution >= 4 is 48.0 Å². The van der Waals surface area contributed by atoms with Crippen LogP contribution in [0, 0.1) is 5.82 Å². The van der Waals surface area contributed by atoms with E-state index in [4.69, 9.17) is 4.74 Å². The molecule has 2 aromatic carbocycles. The molecule has 0 atom stereocenters. The summed E-state index contributed by atoms with van der Waals surface area (Å²) in [5.74, 6) is 0.624. The van der Waals surface area contributed by atoms with Gasteiger partial charge in [-0.25, -0.2) is 4.39 Å². The average Bonchev–Trinajstić information content (AvgIpc) is 2.74. The summed E-state index contributed by atoms with van der Waals surface area (Å²) in [6, 6.07) is 16.4. The summed E-state index contributed by atoms with van der Waals surface area (Å²) in [7, 11) is 0. The molecule has 2 aromatic heterocycles. The first-order valence-electron chi connectivity index (χ1n) is 9.16. The number of ether oxygens (including phenoxy) is 1. The summed E-state index contributed by atoms with van der Waals surface area (Å²) in [4.78, 5) is 8.43. The molecule has 0 fully saturated rings. The van der Waals surface area contributed by atoms with Crippen LogP contribution in [0.4, 0.5) is 4.39 Å². The Morgan fingerprint density at radius 1 is 0.839 bits per heavy atom. The fourth-order valence-corrected chi connectivity index (χ4v) is 3.07. The molecule has 31 heavy (non-hydrogen) atoms. The molecular weight excluding hydrogens is 460 g/mol. The van der Waals surface area contributed by atoms with Gasteiger partial charge in [0.05, 0.1) is 0 Å². The predicted octanol–water partition coefficient (Wildman–Crippen LogP) is 5.87. The molecule has 0 bridgehead atoms. The van der Waals surface area contributed by atoms with Gasteiger partial charge in [0.2, 0.25) is 0 Å². The van der Waals surface area contributed by atoms with Crippen LogP contribution < -0.4 is 10.1 Å². The van der Waals surface area contributed by atoms with Gasteiger partial charge in [-0.05, 0) is 41.5 Å². The van der Waals surface area contributed by atoms with E-state index >= 15 is 0 Å². The van der Waals surface area contributed by atoms with Crippen LogP contribution in [-0.2, 0) is 6.54 Å². The monoisotopic (exact) mass is 481 g/mol. The van der Waals surface area contributed by atoms with E-state index in [-0.39, 0.29) is 43.0 Å². The van der Waals surface area contributed by atoms with Gasteiger partial charge in [0.1, 0.15) is 18.2 Å². The minimum atomic E-state index is -0.239. The minimum Gasteiger partial charge on any atom is -0.492 e. The normalized spacial score (nSPS) is 9.84. The first kappa shape index (κ1) is 26.6. The third-order valence-electron chi connectivity index (χ3n) is 4.48. The molecule has 8 heteroatoms. The van der Waals surface area contributed by atoms with Crippen LogP contribution in [0.5, 0.6) is 5.75 Å². The van der Waals surface area contributed by atoms with Gasteiger partial charge in [0.15, 0.2) is 0 Å².